The van der Waals surface area contributed by atoms with Gasteiger partial charge in [0.15, 0.2) is 0 Å². The maximum atomic E-state index is 14.5. The van der Waals surface area contributed by atoms with E-state index in [0.717, 1.165) is 11.3 Å². The van der Waals surface area contributed by atoms with Crippen molar-refractivity contribution in [1.82, 2.24) is 15.3 Å². The second-order valence-corrected chi connectivity index (χ2v) is 10.3. The molecule has 1 unspecified atom stereocenters. The van der Waals surface area contributed by atoms with Crippen LogP contribution in [0.1, 0.15) is 68.9 Å². The van der Waals surface area contributed by atoms with Crippen molar-refractivity contribution < 1.29 is 13.9 Å². The second kappa shape index (κ2) is 8.73. The van der Waals surface area contributed by atoms with Crippen LogP contribution in [0.5, 0.6) is 5.75 Å². The molecule has 2 heterocycles. The summed E-state index contributed by atoms with van der Waals surface area (Å²) in [6.07, 6.45) is 6.09. The lowest BCUT2D eigenvalue weighted by Gasteiger charge is -2.32. The van der Waals surface area contributed by atoms with Gasteiger partial charge < -0.3 is 15.0 Å². The summed E-state index contributed by atoms with van der Waals surface area (Å²) in [6.45, 7) is 5.92. The van der Waals surface area contributed by atoms with Gasteiger partial charge in [0.05, 0.1) is 22.0 Å². The molecule has 0 bridgehead atoms. The average Bonchev–Trinajstić information content (AvgIpc) is 3.25. The van der Waals surface area contributed by atoms with Crippen LogP contribution in [0.25, 0.3) is 22.6 Å². The van der Waals surface area contributed by atoms with Crippen molar-refractivity contribution in [1.29, 1.82) is 0 Å². The largest absolute Gasteiger partial charge is 0.481 e. The molecule has 0 saturated heterocycles. The van der Waals surface area contributed by atoms with Crippen LogP contribution in [-0.4, -0.2) is 21.9 Å². The molecule has 1 aliphatic carbocycles. The number of hydrogen-bond donors (Lipinski definition) is 2. The highest BCUT2D eigenvalue weighted by Crippen LogP contribution is 2.45. The van der Waals surface area contributed by atoms with Crippen molar-refractivity contribution in [2.75, 3.05) is 0 Å². The highest BCUT2D eigenvalue weighted by atomic mass is 35.5. The molecule has 5 nitrogen and oxygen atoms in total. The van der Waals surface area contributed by atoms with E-state index in [-0.39, 0.29) is 22.5 Å². The van der Waals surface area contributed by atoms with Gasteiger partial charge in [-0.15, -0.1) is 0 Å². The van der Waals surface area contributed by atoms with Gasteiger partial charge in [0.25, 0.3) is 5.91 Å². The minimum atomic E-state index is -0.754. The average molecular weight is 482 g/mol. The molecule has 2 aliphatic rings. The summed E-state index contributed by atoms with van der Waals surface area (Å²) in [5, 5.41) is 3.46. The predicted octanol–water partition coefficient (Wildman–Crippen LogP) is 6.86. The molecule has 1 atom stereocenters. The summed E-state index contributed by atoms with van der Waals surface area (Å²) in [6, 6.07) is 10.1. The van der Waals surface area contributed by atoms with Gasteiger partial charge in [0.2, 0.25) is 0 Å². The van der Waals surface area contributed by atoms with Gasteiger partial charge in [-0.2, -0.15) is 0 Å². The van der Waals surface area contributed by atoms with Crippen LogP contribution < -0.4 is 10.1 Å². The van der Waals surface area contributed by atoms with Crippen LogP contribution in [0.3, 0.4) is 0 Å². The van der Waals surface area contributed by atoms with Crippen LogP contribution in [0.2, 0.25) is 5.02 Å². The smallest absolute Gasteiger partial charge is 0.251 e. The maximum absolute atomic E-state index is 14.5. The highest BCUT2D eigenvalue weighted by molar-refractivity contribution is 6.33. The SMILES string of the molecule is CC(NC(=O)c1ccc2c(c1)OC(C)(C)c1[nH]c(-c3c(F)cccc3Cl)nc1-2)C1CCCCC1. The Bertz CT molecular complexity index is 1230. The van der Waals surface area contributed by atoms with Gasteiger partial charge in [-0.1, -0.05) is 36.9 Å². The van der Waals surface area contributed by atoms with E-state index in [4.69, 9.17) is 21.3 Å². The van der Waals surface area contributed by atoms with Crippen molar-refractivity contribution in [3.05, 3.63) is 58.5 Å². The molecule has 0 spiro atoms. The Balaban J connectivity index is 1.46. The summed E-state index contributed by atoms with van der Waals surface area (Å²) in [5.74, 6) is 0.903. The Morgan fingerprint density at radius 3 is 2.74 bits per heavy atom. The number of ether oxygens (including phenoxy) is 1. The summed E-state index contributed by atoms with van der Waals surface area (Å²) in [7, 11) is 0. The van der Waals surface area contributed by atoms with Gasteiger partial charge in [0.1, 0.15) is 23.0 Å². The van der Waals surface area contributed by atoms with Gasteiger partial charge in [-0.3, -0.25) is 4.79 Å². The van der Waals surface area contributed by atoms with E-state index < -0.39 is 11.4 Å². The van der Waals surface area contributed by atoms with E-state index in [0.29, 0.717) is 28.7 Å². The molecule has 1 aliphatic heterocycles. The van der Waals surface area contributed by atoms with Crippen molar-refractivity contribution in [3.8, 4) is 28.4 Å². The highest BCUT2D eigenvalue weighted by Gasteiger charge is 2.37. The summed E-state index contributed by atoms with van der Waals surface area (Å²) in [5.41, 5.74) is 2.18. The molecule has 0 radical (unpaired) electrons. The van der Waals surface area contributed by atoms with Crippen molar-refractivity contribution in [3.63, 3.8) is 0 Å². The van der Waals surface area contributed by atoms with Crippen LogP contribution in [0, 0.1) is 11.7 Å². The number of carbonyl (C=O) groups is 1. The van der Waals surface area contributed by atoms with Crippen molar-refractivity contribution in [2.45, 2.75) is 64.5 Å². The monoisotopic (exact) mass is 481 g/mol. The number of amides is 1. The number of aromatic amines is 1. The van der Waals surface area contributed by atoms with Gasteiger partial charge in [-0.05, 0) is 69.9 Å². The summed E-state index contributed by atoms with van der Waals surface area (Å²) < 4.78 is 20.8. The zero-order chi connectivity index (χ0) is 24.0. The Labute approximate surface area is 204 Å². The predicted molar refractivity (Wildman–Crippen MR) is 132 cm³/mol. The molecule has 1 saturated carbocycles. The minimum Gasteiger partial charge on any atom is -0.481 e. The number of H-pyrrole nitrogens is 1. The molecule has 2 N–H and O–H groups in total. The number of nitrogens with zero attached hydrogens (tertiary/aromatic N) is 1. The third kappa shape index (κ3) is 4.09. The molecule has 1 fully saturated rings. The summed E-state index contributed by atoms with van der Waals surface area (Å²) in [4.78, 5) is 20.9. The molecule has 3 aromatic rings. The fraction of sp³-hybridized carbons (Fsp3) is 0.407. The Hall–Kier alpha value is -2.86. The van der Waals surface area contributed by atoms with E-state index in [2.05, 4.69) is 17.2 Å². The van der Waals surface area contributed by atoms with E-state index in [1.54, 1.807) is 24.3 Å². The second-order valence-electron chi connectivity index (χ2n) is 9.89. The van der Waals surface area contributed by atoms with E-state index in [1.165, 1.54) is 38.2 Å². The van der Waals surface area contributed by atoms with Crippen LogP contribution in [-0.2, 0) is 5.60 Å². The first kappa shape index (κ1) is 22.9. The van der Waals surface area contributed by atoms with Gasteiger partial charge in [0, 0.05) is 17.2 Å². The molecule has 1 amide bonds. The fourth-order valence-corrected chi connectivity index (χ4v) is 5.41. The number of imidazole rings is 1. The molecule has 2 aromatic carbocycles. The van der Waals surface area contributed by atoms with E-state index in [9.17, 15) is 9.18 Å². The lowest BCUT2D eigenvalue weighted by Crippen LogP contribution is -2.39. The molecule has 5 rings (SSSR count). The third-order valence-electron chi connectivity index (χ3n) is 7.09. The Morgan fingerprint density at radius 1 is 1.24 bits per heavy atom. The van der Waals surface area contributed by atoms with Crippen LogP contribution in [0.15, 0.2) is 36.4 Å². The lowest BCUT2D eigenvalue weighted by atomic mass is 9.84. The molecule has 178 valence electrons. The molecule has 1 aromatic heterocycles. The normalized spacial score (nSPS) is 17.9. The fourth-order valence-electron chi connectivity index (χ4n) is 5.16. The Kier molecular flexibility index (Phi) is 5.88. The number of rotatable bonds is 4. The number of hydrogen-bond acceptors (Lipinski definition) is 3. The van der Waals surface area contributed by atoms with E-state index in [1.807, 2.05) is 19.9 Å². The number of benzene rings is 2. The quantitative estimate of drug-likeness (QED) is 0.427. The van der Waals surface area contributed by atoms with Gasteiger partial charge >= 0.3 is 0 Å². The van der Waals surface area contributed by atoms with Crippen LogP contribution >= 0.6 is 11.6 Å². The lowest BCUT2D eigenvalue weighted by molar-refractivity contribution is 0.0908. The first-order valence-corrected chi connectivity index (χ1v) is 12.3. The summed E-state index contributed by atoms with van der Waals surface area (Å²) >= 11 is 6.28. The number of fused-ring (bicyclic) bond motifs is 3. The minimum absolute atomic E-state index is 0.103. The van der Waals surface area contributed by atoms with Crippen LogP contribution in [0.4, 0.5) is 4.39 Å². The zero-order valence-electron chi connectivity index (χ0n) is 19.7. The standard InChI is InChI=1S/C27H29ClFN3O2/c1-15(16-8-5-4-6-9-16)30-26(33)17-12-13-18-21(14-17)34-27(2,3)24-23(18)31-25(32-24)22-19(28)10-7-11-20(22)29/h7,10-16H,4-6,8-9H2,1-3H3,(H,30,33)(H,31,32). The third-order valence-corrected chi connectivity index (χ3v) is 7.40. The Morgan fingerprint density at radius 2 is 2.00 bits per heavy atom. The number of carbonyl (C=O) groups excluding carboxylic acids is 1. The number of aromatic nitrogens is 2. The first-order valence-electron chi connectivity index (χ1n) is 11.9. The van der Waals surface area contributed by atoms with E-state index >= 15 is 0 Å². The molecular formula is C27H29ClFN3O2. The topological polar surface area (TPSA) is 67.0 Å². The number of halogens is 2. The molecular weight excluding hydrogens is 453 g/mol. The van der Waals surface area contributed by atoms with Gasteiger partial charge in [-0.25, -0.2) is 9.37 Å². The zero-order valence-corrected chi connectivity index (χ0v) is 20.4. The molecule has 7 heteroatoms. The number of nitrogens with one attached hydrogen (secondary N) is 2. The van der Waals surface area contributed by atoms with Crippen molar-refractivity contribution in [2.24, 2.45) is 5.92 Å². The maximum Gasteiger partial charge on any atom is 0.251 e. The first-order chi connectivity index (χ1) is 16.2. The molecule has 34 heavy (non-hydrogen) atoms. The van der Waals surface area contributed by atoms with Crippen molar-refractivity contribution >= 4 is 17.5 Å².